The molecular formula is C16H27N3. The summed E-state index contributed by atoms with van der Waals surface area (Å²) in [5, 5.41) is 0. The number of aryl methyl sites for hydroxylation is 1. The van der Waals surface area contributed by atoms with E-state index >= 15 is 0 Å². The molecular weight excluding hydrogens is 234 g/mol. The van der Waals surface area contributed by atoms with Crippen LogP contribution in [0.3, 0.4) is 0 Å². The van der Waals surface area contributed by atoms with Crippen molar-refractivity contribution in [2.45, 2.75) is 26.3 Å². The zero-order valence-corrected chi connectivity index (χ0v) is 12.5. The second-order valence-electron chi connectivity index (χ2n) is 6.17. The topological polar surface area (TPSA) is 32.5 Å². The van der Waals surface area contributed by atoms with E-state index in [-0.39, 0.29) is 0 Å². The van der Waals surface area contributed by atoms with Crippen LogP contribution in [-0.2, 0) is 6.54 Å². The number of piperidine rings is 1. The molecule has 1 aliphatic heterocycles. The summed E-state index contributed by atoms with van der Waals surface area (Å²) in [6.07, 6.45) is 2.64. The van der Waals surface area contributed by atoms with Crippen LogP contribution in [-0.4, -0.2) is 43.5 Å². The normalized spacial score (nSPS) is 18.1. The maximum atomic E-state index is 5.98. The maximum absolute atomic E-state index is 5.98. The van der Waals surface area contributed by atoms with E-state index in [1.54, 1.807) is 0 Å². The number of anilines is 1. The first-order valence-electron chi connectivity index (χ1n) is 7.26. The second kappa shape index (κ2) is 6.40. The van der Waals surface area contributed by atoms with Crippen molar-refractivity contribution < 1.29 is 0 Å². The van der Waals surface area contributed by atoms with Crippen LogP contribution in [0.15, 0.2) is 18.2 Å². The van der Waals surface area contributed by atoms with Crippen LogP contribution >= 0.6 is 0 Å². The lowest BCUT2D eigenvalue weighted by Crippen LogP contribution is -2.36. The fraction of sp³-hybridized carbons (Fsp3) is 0.625. The van der Waals surface area contributed by atoms with E-state index < -0.39 is 0 Å². The molecule has 0 atom stereocenters. The Kier molecular flexibility index (Phi) is 4.83. The Hall–Kier alpha value is -1.06. The van der Waals surface area contributed by atoms with Crippen molar-refractivity contribution in [3.05, 3.63) is 29.3 Å². The molecule has 1 aromatic rings. The predicted molar refractivity (Wildman–Crippen MR) is 82.1 cm³/mol. The Balaban J connectivity index is 1.83. The van der Waals surface area contributed by atoms with E-state index in [0.717, 1.165) is 18.2 Å². The van der Waals surface area contributed by atoms with Crippen molar-refractivity contribution in [2.75, 3.05) is 39.5 Å². The highest BCUT2D eigenvalue weighted by atomic mass is 15.1. The van der Waals surface area contributed by atoms with Gasteiger partial charge < -0.3 is 10.6 Å². The molecule has 0 aromatic heterocycles. The molecule has 0 radical (unpaired) electrons. The molecule has 19 heavy (non-hydrogen) atoms. The molecule has 0 amide bonds. The molecule has 106 valence electrons. The molecule has 2 N–H and O–H groups in total. The number of nitrogen functional groups attached to an aromatic ring is 1. The minimum atomic E-state index is 0.870. The SMILES string of the molecule is Cc1ccc(CN2CCC(CN(C)C)CC2)cc1N. The third kappa shape index (κ3) is 4.22. The van der Waals surface area contributed by atoms with E-state index in [4.69, 9.17) is 5.73 Å². The molecule has 0 aliphatic carbocycles. The number of rotatable bonds is 4. The number of benzene rings is 1. The van der Waals surface area contributed by atoms with Crippen molar-refractivity contribution in [1.82, 2.24) is 9.80 Å². The first-order chi connectivity index (χ1) is 9.04. The Bertz CT molecular complexity index is 406. The molecule has 1 saturated heterocycles. The third-order valence-corrected chi connectivity index (χ3v) is 4.08. The van der Waals surface area contributed by atoms with Gasteiger partial charge in [0.25, 0.3) is 0 Å². The van der Waals surface area contributed by atoms with E-state index in [1.165, 1.54) is 43.6 Å². The molecule has 1 aromatic carbocycles. The third-order valence-electron chi connectivity index (χ3n) is 4.08. The fourth-order valence-corrected chi connectivity index (χ4v) is 2.89. The van der Waals surface area contributed by atoms with Gasteiger partial charge in [0.15, 0.2) is 0 Å². The Morgan fingerprint density at radius 1 is 1.26 bits per heavy atom. The average molecular weight is 261 g/mol. The van der Waals surface area contributed by atoms with Crippen LogP contribution in [0.4, 0.5) is 5.69 Å². The number of hydrogen-bond acceptors (Lipinski definition) is 3. The smallest absolute Gasteiger partial charge is 0.0346 e. The van der Waals surface area contributed by atoms with Crippen LogP contribution in [0.1, 0.15) is 24.0 Å². The number of nitrogens with zero attached hydrogens (tertiary/aromatic N) is 2. The molecule has 3 heteroatoms. The molecule has 0 spiro atoms. The summed E-state index contributed by atoms with van der Waals surface area (Å²) < 4.78 is 0. The Labute approximate surface area is 117 Å². The first kappa shape index (κ1) is 14.4. The average Bonchev–Trinajstić information content (AvgIpc) is 2.36. The first-order valence-corrected chi connectivity index (χ1v) is 7.26. The van der Waals surface area contributed by atoms with E-state index in [0.29, 0.717) is 0 Å². The summed E-state index contributed by atoms with van der Waals surface area (Å²) in [5.41, 5.74) is 9.41. The van der Waals surface area contributed by atoms with Crippen LogP contribution in [0.5, 0.6) is 0 Å². The Morgan fingerprint density at radius 2 is 1.95 bits per heavy atom. The van der Waals surface area contributed by atoms with Gasteiger partial charge in [0.2, 0.25) is 0 Å². The van der Waals surface area contributed by atoms with Crippen molar-refractivity contribution in [3.63, 3.8) is 0 Å². The summed E-state index contributed by atoms with van der Waals surface area (Å²) >= 11 is 0. The lowest BCUT2D eigenvalue weighted by atomic mass is 9.96. The van der Waals surface area contributed by atoms with Crippen molar-refractivity contribution in [1.29, 1.82) is 0 Å². The molecule has 3 nitrogen and oxygen atoms in total. The molecule has 1 fully saturated rings. The monoisotopic (exact) mass is 261 g/mol. The summed E-state index contributed by atoms with van der Waals surface area (Å²) in [4.78, 5) is 4.86. The van der Waals surface area contributed by atoms with Gasteiger partial charge in [0, 0.05) is 18.8 Å². The van der Waals surface area contributed by atoms with Crippen molar-refractivity contribution >= 4 is 5.69 Å². The summed E-state index contributed by atoms with van der Waals surface area (Å²) in [7, 11) is 4.34. The minimum absolute atomic E-state index is 0.870. The van der Waals surface area contributed by atoms with Gasteiger partial charge in [-0.3, -0.25) is 4.90 Å². The van der Waals surface area contributed by atoms with Gasteiger partial charge in [-0.2, -0.15) is 0 Å². The van der Waals surface area contributed by atoms with E-state index in [9.17, 15) is 0 Å². The summed E-state index contributed by atoms with van der Waals surface area (Å²) in [6, 6.07) is 6.46. The quantitative estimate of drug-likeness (QED) is 0.845. The lowest BCUT2D eigenvalue weighted by molar-refractivity contribution is 0.157. The van der Waals surface area contributed by atoms with Gasteiger partial charge in [-0.05, 0) is 70.1 Å². The number of hydrogen-bond donors (Lipinski definition) is 1. The molecule has 0 unspecified atom stereocenters. The molecule has 1 aliphatic rings. The zero-order chi connectivity index (χ0) is 13.8. The molecule has 0 saturated carbocycles. The highest BCUT2D eigenvalue weighted by molar-refractivity contribution is 5.48. The summed E-state index contributed by atoms with van der Waals surface area (Å²) in [5.74, 6) is 0.870. The van der Waals surface area contributed by atoms with E-state index in [1.807, 2.05) is 0 Å². The van der Waals surface area contributed by atoms with Gasteiger partial charge in [-0.25, -0.2) is 0 Å². The van der Waals surface area contributed by atoms with Crippen LogP contribution in [0.2, 0.25) is 0 Å². The minimum Gasteiger partial charge on any atom is -0.399 e. The van der Waals surface area contributed by atoms with Crippen LogP contribution < -0.4 is 5.73 Å². The van der Waals surface area contributed by atoms with Crippen LogP contribution in [0.25, 0.3) is 0 Å². The highest BCUT2D eigenvalue weighted by Gasteiger charge is 2.19. The highest BCUT2D eigenvalue weighted by Crippen LogP contribution is 2.21. The molecule has 2 rings (SSSR count). The number of likely N-dealkylation sites (tertiary alicyclic amines) is 1. The molecule has 0 bridgehead atoms. The van der Waals surface area contributed by atoms with Crippen molar-refractivity contribution in [3.8, 4) is 0 Å². The Morgan fingerprint density at radius 3 is 2.53 bits per heavy atom. The van der Waals surface area contributed by atoms with Gasteiger partial charge in [-0.1, -0.05) is 12.1 Å². The van der Waals surface area contributed by atoms with E-state index in [2.05, 4.69) is 49.0 Å². The zero-order valence-electron chi connectivity index (χ0n) is 12.5. The second-order valence-corrected chi connectivity index (χ2v) is 6.17. The maximum Gasteiger partial charge on any atom is 0.0346 e. The van der Waals surface area contributed by atoms with Gasteiger partial charge in [0.1, 0.15) is 0 Å². The summed E-state index contributed by atoms with van der Waals surface area (Å²) in [6.45, 7) is 6.76. The van der Waals surface area contributed by atoms with Crippen LogP contribution in [0, 0.1) is 12.8 Å². The lowest BCUT2D eigenvalue weighted by Gasteiger charge is -2.33. The fourth-order valence-electron chi connectivity index (χ4n) is 2.89. The van der Waals surface area contributed by atoms with Gasteiger partial charge in [0.05, 0.1) is 0 Å². The largest absolute Gasteiger partial charge is 0.399 e. The van der Waals surface area contributed by atoms with Gasteiger partial charge in [-0.15, -0.1) is 0 Å². The predicted octanol–water partition coefficient (Wildman–Crippen LogP) is 2.35. The molecule has 1 heterocycles. The number of nitrogens with two attached hydrogens (primary N) is 1. The van der Waals surface area contributed by atoms with Crippen molar-refractivity contribution in [2.24, 2.45) is 5.92 Å². The van der Waals surface area contributed by atoms with Gasteiger partial charge >= 0.3 is 0 Å². The standard InChI is InChI=1S/C16H27N3/c1-13-4-5-15(10-16(13)17)12-19-8-6-14(7-9-19)11-18(2)3/h4-5,10,14H,6-9,11-12,17H2,1-3H3.